The second-order valence-electron chi connectivity index (χ2n) is 4.47. The van der Waals surface area contributed by atoms with E-state index in [0.717, 1.165) is 0 Å². The Morgan fingerprint density at radius 2 is 1.90 bits per heavy atom. The zero-order valence-corrected chi connectivity index (χ0v) is 13.3. The van der Waals surface area contributed by atoms with Crippen LogP contribution in [0.1, 0.15) is 17.3 Å². The maximum atomic E-state index is 12.6. The van der Waals surface area contributed by atoms with Gasteiger partial charge < -0.3 is 4.74 Å². The van der Waals surface area contributed by atoms with E-state index in [4.69, 9.17) is 16.3 Å². The second-order valence-corrected chi connectivity index (χ2v) is 6.64. The quantitative estimate of drug-likeness (QED) is 0.788. The number of rotatable bonds is 5. The molecule has 0 saturated carbocycles. The molecule has 2 atom stereocenters. The fourth-order valence-corrected chi connectivity index (χ4v) is 3.41. The highest BCUT2D eigenvalue weighted by Gasteiger charge is 2.24. The van der Waals surface area contributed by atoms with Gasteiger partial charge in [-0.3, -0.25) is 9.00 Å². The van der Waals surface area contributed by atoms with Gasteiger partial charge in [0, 0.05) is 10.6 Å². The van der Waals surface area contributed by atoms with Crippen LogP contribution in [0, 0.1) is 0 Å². The number of ether oxygens (including phenoxy) is 1. The lowest BCUT2D eigenvalue weighted by molar-refractivity contribution is 0.0992. The van der Waals surface area contributed by atoms with E-state index in [-0.39, 0.29) is 5.78 Å². The molecule has 5 heteroatoms. The molecular formula is C16H15ClO3S. The molecule has 2 unspecified atom stereocenters. The molecule has 0 aliphatic carbocycles. The molecule has 2 aromatic rings. The minimum Gasteiger partial charge on any atom is -0.495 e. The first-order valence-electron chi connectivity index (χ1n) is 6.38. The molecule has 0 aromatic heterocycles. The van der Waals surface area contributed by atoms with Crippen molar-refractivity contribution < 1.29 is 13.7 Å². The first-order chi connectivity index (χ1) is 10.0. The molecule has 0 heterocycles. The lowest BCUT2D eigenvalue weighted by Crippen LogP contribution is -2.23. The Hall–Kier alpha value is -1.65. The summed E-state index contributed by atoms with van der Waals surface area (Å²) in [4.78, 5) is 12.9. The number of hydrogen-bond acceptors (Lipinski definition) is 3. The normalized spacial score (nSPS) is 13.5. The highest BCUT2D eigenvalue weighted by Crippen LogP contribution is 2.25. The highest BCUT2D eigenvalue weighted by atomic mass is 35.5. The fourth-order valence-electron chi connectivity index (χ4n) is 1.95. The van der Waals surface area contributed by atoms with Crippen LogP contribution in [0.5, 0.6) is 5.75 Å². The molecule has 0 aliphatic rings. The molecule has 110 valence electrons. The molecule has 3 nitrogen and oxygen atoms in total. The van der Waals surface area contributed by atoms with Gasteiger partial charge in [0.05, 0.1) is 28.1 Å². The average Bonchev–Trinajstić information content (AvgIpc) is 2.52. The zero-order chi connectivity index (χ0) is 15.4. The summed E-state index contributed by atoms with van der Waals surface area (Å²) in [5.74, 6) is 0.309. The number of Topliss-reactive ketones (excluding diaryl/α,β-unsaturated/α-hetero) is 1. The summed E-state index contributed by atoms with van der Waals surface area (Å²) < 4.78 is 17.8. The van der Waals surface area contributed by atoms with Crippen molar-refractivity contribution in [3.8, 4) is 5.75 Å². The molecule has 0 radical (unpaired) electrons. The predicted octanol–water partition coefficient (Wildman–Crippen LogP) is 3.73. The number of carbonyl (C=O) groups is 1. The number of carbonyl (C=O) groups excluding carboxylic acids is 1. The van der Waals surface area contributed by atoms with Crippen molar-refractivity contribution >= 4 is 28.2 Å². The lowest BCUT2D eigenvalue weighted by Gasteiger charge is -2.13. The molecule has 0 saturated heterocycles. The molecule has 0 amide bonds. The van der Waals surface area contributed by atoms with Gasteiger partial charge in [0.25, 0.3) is 0 Å². The van der Waals surface area contributed by atoms with Gasteiger partial charge in [-0.25, -0.2) is 0 Å². The van der Waals surface area contributed by atoms with Gasteiger partial charge >= 0.3 is 0 Å². The number of ketones is 1. The summed E-state index contributed by atoms with van der Waals surface area (Å²) >= 11 is 5.89. The highest BCUT2D eigenvalue weighted by molar-refractivity contribution is 7.86. The van der Waals surface area contributed by atoms with Gasteiger partial charge in [0.1, 0.15) is 5.75 Å². The smallest absolute Gasteiger partial charge is 0.178 e. The van der Waals surface area contributed by atoms with Gasteiger partial charge in [-0.05, 0) is 31.2 Å². The summed E-state index contributed by atoms with van der Waals surface area (Å²) in [6.45, 7) is 1.64. The number of para-hydroxylation sites is 1. The first-order valence-corrected chi connectivity index (χ1v) is 7.97. The van der Waals surface area contributed by atoms with E-state index >= 15 is 0 Å². The van der Waals surface area contributed by atoms with Crippen LogP contribution in [0.15, 0.2) is 53.4 Å². The van der Waals surface area contributed by atoms with E-state index in [9.17, 15) is 9.00 Å². The second kappa shape index (κ2) is 6.87. The molecule has 2 aromatic carbocycles. The van der Waals surface area contributed by atoms with E-state index in [1.165, 1.54) is 7.11 Å². The Balaban J connectivity index is 2.29. The van der Waals surface area contributed by atoms with E-state index in [2.05, 4.69) is 0 Å². The summed E-state index contributed by atoms with van der Waals surface area (Å²) in [6.07, 6.45) is 0. The van der Waals surface area contributed by atoms with E-state index in [0.29, 0.717) is 21.2 Å². The Morgan fingerprint density at radius 3 is 2.57 bits per heavy atom. The Labute approximate surface area is 131 Å². The van der Waals surface area contributed by atoms with Crippen molar-refractivity contribution in [2.45, 2.75) is 17.1 Å². The zero-order valence-electron chi connectivity index (χ0n) is 11.7. The Kier molecular flexibility index (Phi) is 5.15. The number of benzene rings is 2. The number of methoxy groups -OCH3 is 1. The van der Waals surface area contributed by atoms with Crippen LogP contribution in [0.3, 0.4) is 0 Å². The Morgan fingerprint density at radius 1 is 1.19 bits per heavy atom. The van der Waals surface area contributed by atoms with Crippen molar-refractivity contribution in [1.29, 1.82) is 0 Å². The molecule has 0 bridgehead atoms. The summed E-state index contributed by atoms with van der Waals surface area (Å²) in [5.41, 5.74) is 0.457. The van der Waals surface area contributed by atoms with Gasteiger partial charge in [-0.1, -0.05) is 35.9 Å². The minimum absolute atomic E-state index is 0.207. The molecule has 0 N–H and O–H groups in total. The molecule has 0 spiro atoms. The van der Waals surface area contributed by atoms with Gasteiger partial charge in [-0.2, -0.15) is 0 Å². The minimum atomic E-state index is -1.49. The Bertz CT molecular complexity index is 685. The van der Waals surface area contributed by atoms with Crippen molar-refractivity contribution in [1.82, 2.24) is 0 Å². The molecule has 2 rings (SSSR count). The summed E-state index contributed by atoms with van der Waals surface area (Å²) in [5, 5.41) is -0.198. The van der Waals surface area contributed by atoms with Gasteiger partial charge in [0.15, 0.2) is 5.78 Å². The van der Waals surface area contributed by atoms with Crippen molar-refractivity contribution in [3.05, 3.63) is 59.1 Å². The number of halogens is 1. The number of hydrogen-bond donors (Lipinski definition) is 0. The SMILES string of the molecule is COc1ccccc1S(=O)C(C)C(=O)c1cccc(Cl)c1. The summed E-state index contributed by atoms with van der Waals surface area (Å²) in [6, 6.07) is 13.6. The van der Waals surface area contributed by atoms with E-state index in [1.807, 2.05) is 0 Å². The van der Waals surface area contributed by atoms with Gasteiger partial charge in [-0.15, -0.1) is 0 Å². The van der Waals surface area contributed by atoms with Crippen LogP contribution in [0.4, 0.5) is 0 Å². The fraction of sp³-hybridized carbons (Fsp3) is 0.188. The largest absolute Gasteiger partial charge is 0.495 e. The lowest BCUT2D eigenvalue weighted by atomic mass is 10.1. The third kappa shape index (κ3) is 3.52. The van der Waals surface area contributed by atoms with Crippen molar-refractivity contribution in [3.63, 3.8) is 0 Å². The van der Waals surface area contributed by atoms with Crippen LogP contribution in [-0.2, 0) is 10.8 Å². The third-order valence-corrected chi connectivity index (χ3v) is 4.95. The van der Waals surface area contributed by atoms with Crippen LogP contribution < -0.4 is 4.74 Å². The van der Waals surface area contributed by atoms with E-state index < -0.39 is 16.0 Å². The molecule has 0 fully saturated rings. The molecular weight excluding hydrogens is 308 g/mol. The predicted molar refractivity (Wildman–Crippen MR) is 84.6 cm³/mol. The average molecular weight is 323 g/mol. The standard InChI is InChI=1S/C16H15ClO3S/c1-11(16(18)12-6-5-7-13(17)10-12)21(19)15-9-4-3-8-14(15)20-2/h3-11H,1-2H3. The first kappa shape index (κ1) is 15.7. The summed E-state index contributed by atoms with van der Waals surface area (Å²) in [7, 11) is 0.0190. The van der Waals surface area contributed by atoms with Crippen molar-refractivity contribution in [2.24, 2.45) is 0 Å². The van der Waals surface area contributed by atoms with Crippen LogP contribution >= 0.6 is 11.6 Å². The monoisotopic (exact) mass is 322 g/mol. The van der Waals surface area contributed by atoms with Gasteiger partial charge in [0.2, 0.25) is 0 Å². The molecule has 0 aliphatic heterocycles. The maximum absolute atomic E-state index is 12.6. The van der Waals surface area contributed by atoms with Crippen LogP contribution in [0.25, 0.3) is 0 Å². The topological polar surface area (TPSA) is 43.4 Å². The van der Waals surface area contributed by atoms with Crippen LogP contribution in [-0.4, -0.2) is 22.4 Å². The van der Waals surface area contributed by atoms with Crippen LogP contribution in [0.2, 0.25) is 5.02 Å². The van der Waals surface area contributed by atoms with Crippen molar-refractivity contribution in [2.75, 3.05) is 7.11 Å². The molecule has 21 heavy (non-hydrogen) atoms. The third-order valence-electron chi connectivity index (χ3n) is 3.09. The van der Waals surface area contributed by atoms with E-state index in [1.54, 1.807) is 55.5 Å². The maximum Gasteiger partial charge on any atom is 0.178 e.